The molecule has 3 nitrogen and oxygen atoms in total. The van der Waals surface area contributed by atoms with Gasteiger partial charge in [0, 0.05) is 6.20 Å². The zero-order valence-corrected chi connectivity index (χ0v) is 9.07. The lowest BCUT2D eigenvalue weighted by atomic mass is 10.2. The van der Waals surface area contributed by atoms with E-state index in [1.165, 1.54) is 6.07 Å². The van der Waals surface area contributed by atoms with Crippen molar-refractivity contribution in [3.8, 4) is 10.7 Å². The SMILES string of the molecule is FC(F)(F)c1ccc(-c2nnc(Cl)s2)nc1. The normalized spacial score (nSPS) is 11.8. The van der Waals surface area contributed by atoms with Gasteiger partial charge in [0.2, 0.25) is 4.47 Å². The number of pyridine rings is 1. The highest BCUT2D eigenvalue weighted by atomic mass is 35.5. The van der Waals surface area contributed by atoms with Gasteiger partial charge in [0.05, 0.1) is 5.56 Å². The van der Waals surface area contributed by atoms with E-state index >= 15 is 0 Å². The Balaban J connectivity index is 2.33. The van der Waals surface area contributed by atoms with Crippen LogP contribution in [0.15, 0.2) is 18.3 Å². The third kappa shape index (κ3) is 2.30. The number of nitrogens with zero attached hydrogens (tertiary/aromatic N) is 3. The second kappa shape index (κ2) is 3.99. The van der Waals surface area contributed by atoms with Gasteiger partial charge >= 0.3 is 6.18 Å². The monoisotopic (exact) mass is 265 g/mol. The van der Waals surface area contributed by atoms with Gasteiger partial charge < -0.3 is 0 Å². The van der Waals surface area contributed by atoms with E-state index < -0.39 is 11.7 Å². The van der Waals surface area contributed by atoms with Crippen LogP contribution in [0.25, 0.3) is 10.7 Å². The van der Waals surface area contributed by atoms with Crippen molar-refractivity contribution < 1.29 is 13.2 Å². The van der Waals surface area contributed by atoms with E-state index in [9.17, 15) is 13.2 Å². The summed E-state index contributed by atoms with van der Waals surface area (Å²) in [5.41, 5.74) is -0.482. The molecule has 0 atom stereocenters. The highest BCUT2D eigenvalue weighted by Gasteiger charge is 2.30. The summed E-state index contributed by atoms with van der Waals surface area (Å²) in [5, 5.41) is 7.59. The van der Waals surface area contributed by atoms with Gasteiger partial charge in [0.25, 0.3) is 0 Å². The number of hydrogen-bond acceptors (Lipinski definition) is 4. The largest absolute Gasteiger partial charge is 0.417 e. The molecule has 16 heavy (non-hydrogen) atoms. The zero-order chi connectivity index (χ0) is 11.8. The highest BCUT2D eigenvalue weighted by Crippen LogP contribution is 2.30. The van der Waals surface area contributed by atoms with Crippen molar-refractivity contribution >= 4 is 22.9 Å². The molecule has 2 rings (SSSR count). The van der Waals surface area contributed by atoms with Crippen LogP contribution < -0.4 is 0 Å². The highest BCUT2D eigenvalue weighted by molar-refractivity contribution is 7.18. The Labute approximate surface area is 96.9 Å². The van der Waals surface area contributed by atoms with E-state index in [1.807, 2.05) is 0 Å². The van der Waals surface area contributed by atoms with Crippen molar-refractivity contribution in [2.24, 2.45) is 0 Å². The van der Waals surface area contributed by atoms with Crippen LogP contribution in [0.3, 0.4) is 0 Å². The minimum atomic E-state index is -4.38. The van der Waals surface area contributed by atoms with E-state index in [0.29, 0.717) is 10.7 Å². The van der Waals surface area contributed by atoms with Crippen molar-refractivity contribution in [2.75, 3.05) is 0 Å². The number of aromatic nitrogens is 3. The van der Waals surface area contributed by atoms with Crippen LogP contribution in [-0.2, 0) is 6.18 Å². The van der Waals surface area contributed by atoms with Crippen LogP contribution in [0, 0.1) is 0 Å². The van der Waals surface area contributed by atoms with Gasteiger partial charge in [-0.2, -0.15) is 13.2 Å². The first-order chi connectivity index (χ1) is 7.47. The van der Waals surface area contributed by atoms with Crippen LogP contribution in [-0.4, -0.2) is 15.2 Å². The maximum absolute atomic E-state index is 12.2. The first kappa shape index (κ1) is 11.3. The molecule has 0 spiro atoms. The molecule has 0 bridgehead atoms. The Morgan fingerprint density at radius 1 is 1.19 bits per heavy atom. The molecule has 0 amide bonds. The predicted octanol–water partition coefficient (Wildman–Crippen LogP) is 3.27. The third-order valence-corrected chi connectivity index (χ3v) is 2.75. The molecule has 0 aliphatic rings. The molecular formula is C8H3ClF3N3S. The molecule has 2 aromatic rings. The van der Waals surface area contributed by atoms with Crippen LogP contribution in [0.5, 0.6) is 0 Å². The van der Waals surface area contributed by atoms with Crippen LogP contribution >= 0.6 is 22.9 Å². The van der Waals surface area contributed by atoms with E-state index in [2.05, 4.69) is 15.2 Å². The summed E-state index contributed by atoms with van der Waals surface area (Å²) >= 11 is 6.60. The van der Waals surface area contributed by atoms with Gasteiger partial charge in [-0.05, 0) is 23.7 Å². The van der Waals surface area contributed by atoms with Gasteiger partial charge in [-0.15, -0.1) is 10.2 Å². The molecule has 0 aromatic carbocycles. The summed E-state index contributed by atoms with van der Waals surface area (Å²) in [6, 6.07) is 2.18. The Morgan fingerprint density at radius 2 is 1.94 bits per heavy atom. The van der Waals surface area contributed by atoms with Crippen LogP contribution in [0.1, 0.15) is 5.56 Å². The van der Waals surface area contributed by atoms with Crippen molar-refractivity contribution in [3.63, 3.8) is 0 Å². The van der Waals surface area contributed by atoms with E-state index in [4.69, 9.17) is 11.6 Å². The second-order valence-electron chi connectivity index (χ2n) is 2.79. The fraction of sp³-hybridized carbons (Fsp3) is 0.125. The van der Waals surface area contributed by atoms with Crippen molar-refractivity contribution in [3.05, 3.63) is 28.4 Å². The smallest absolute Gasteiger partial charge is 0.253 e. The fourth-order valence-electron chi connectivity index (χ4n) is 0.997. The summed E-state index contributed by atoms with van der Waals surface area (Å²) in [6.07, 6.45) is -3.63. The van der Waals surface area contributed by atoms with E-state index in [1.54, 1.807) is 0 Å². The number of rotatable bonds is 1. The molecule has 0 aliphatic carbocycles. The molecule has 84 valence electrons. The summed E-state index contributed by atoms with van der Waals surface area (Å²) in [5.74, 6) is 0. The average molecular weight is 266 g/mol. The Hall–Kier alpha value is -1.21. The molecule has 2 heterocycles. The lowest BCUT2D eigenvalue weighted by Gasteiger charge is -2.05. The minimum Gasteiger partial charge on any atom is -0.253 e. The van der Waals surface area contributed by atoms with Gasteiger partial charge in [-0.1, -0.05) is 11.3 Å². The first-order valence-corrected chi connectivity index (χ1v) is 5.19. The summed E-state index contributed by atoms with van der Waals surface area (Å²) < 4.78 is 36.9. The molecular weight excluding hydrogens is 263 g/mol. The molecule has 0 radical (unpaired) electrons. The first-order valence-electron chi connectivity index (χ1n) is 3.99. The summed E-state index contributed by atoms with van der Waals surface area (Å²) in [4.78, 5) is 3.66. The quantitative estimate of drug-likeness (QED) is 0.794. The summed E-state index contributed by atoms with van der Waals surface area (Å²) in [7, 11) is 0. The Kier molecular flexibility index (Phi) is 2.81. The Bertz CT molecular complexity index is 494. The Morgan fingerprint density at radius 3 is 2.38 bits per heavy atom. The number of hydrogen-bond donors (Lipinski definition) is 0. The standard InChI is InChI=1S/C8H3ClF3N3S/c9-7-15-14-6(16-7)5-2-1-4(3-13-5)8(10,11)12/h1-3H. The average Bonchev–Trinajstić information content (AvgIpc) is 2.64. The van der Waals surface area contributed by atoms with Crippen molar-refractivity contribution in [1.29, 1.82) is 0 Å². The number of alkyl halides is 3. The summed E-state index contributed by atoms with van der Waals surface area (Å²) in [6.45, 7) is 0. The van der Waals surface area contributed by atoms with Gasteiger partial charge in [-0.3, -0.25) is 4.98 Å². The zero-order valence-electron chi connectivity index (χ0n) is 7.49. The van der Waals surface area contributed by atoms with Crippen LogP contribution in [0.2, 0.25) is 4.47 Å². The third-order valence-electron chi connectivity index (χ3n) is 1.71. The fourth-order valence-corrected chi connectivity index (χ4v) is 1.80. The number of halogens is 4. The van der Waals surface area contributed by atoms with Crippen LogP contribution in [0.4, 0.5) is 13.2 Å². The molecule has 0 fully saturated rings. The van der Waals surface area contributed by atoms with E-state index in [-0.39, 0.29) is 4.47 Å². The van der Waals surface area contributed by atoms with E-state index in [0.717, 1.165) is 23.6 Å². The molecule has 0 saturated carbocycles. The second-order valence-corrected chi connectivity index (χ2v) is 4.35. The topological polar surface area (TPSA) is 38.7 Å². The lowest BCUT2D eigenvalue weighted by Crippen LogP contribution is -2.05. The molecule has 0 aliphatic heterocycles. The van der Waals surface area contributed by atoms with Gasteiger partial charge in [-0.25, -0.2) is 0 Å². The minimum absolute atomic E-state index is 0.219. The predicted molar refractivity (Wildman–Crippen MR) is 53.2 cm³/mol. The molecule has 0 saturated heterocycles. The van der Waals surface area contributed by atoms with Crippen molar-refractivity contribution in [2.45, 2.75) is 6.18 Å². The lowest BCUT2D eigenvalue weighted by molar-refractivity contribution is -0.137. The van der Waals surface area contributed by atoms with Crippen molar-refractivity contribution in [1.82, 2.24) is 15.2 Å². The molecule has 0 N–H and O–H groups in total. The van der Waals surface area contributed by atoms with Gasteiger partial charge in [0.15, 0.2) is 5.01 Å². The molecule has 0 unspecified atom stereocenters. The maximum Gasteiger partial charge on any atom is 0.417 e. The molecule has 2 aromatic heterocycles. The van der Waals surface area contributed by atoms with Gasteiger partial charge in [0.1, 0.15) is 5.69 Å². The maximum atomic E-state index is 12.2. The molecule has 8 heteroatoms.